The molecule has 2 aliphatic heterocycles. The fourth-order valence-electron chi connectivity index (χ4n) is 2.81. The van der Waals surface area contributed by atoms with Gasteiger partial charge in [0.2, 0.25) is 5.91 Å². The van der Waals surface area contributed by atoms with E-state index in [2.05, 4.69) is 10.1 Å². The summed E-state index contributed by atoms with van der Waals surface area (Å²) < 4.78 is 4.62. The highest BCUT2D eigenvalue weighted by atomic mass is 32.2. The lowest BCUT2D eigenvalue weighted by Crippen LogP contribution is -2.80. The minimum Gasteiger partial charge on any atom is -0.477 e. The quantitative estimate of drug-likeness (QED) is 0.357. The average Bonchev–Trinajstić information content (AvgIpc) is 3.11. The molecule has 0 bridgehead atoms. The van der Waals surface area contributed by atoms with Crippen LogP contribution in [0.2, 0.25) is 0 Å². The molecule has 3 heterocycles. The fraction of sp³-hybridized carbons (Fsp3) is 0.333. The van der Waals surface area contributed by atoms with Crippen LogP contribution in [-0.2, 0) is 25.5 Å². The number of thioether (sulfide) groups is 1. The highest BCUT2D eigenvalue weighted by Crippen LogP contribution is 2.45. The van der Waals surface area contributed by atoms with Crippen LogP contribution in [0.15, 0.2) is 28.8 Å². The van der Waals surface area contributed by atoms with Crippen molar-refractivity contribution in [3.05, 3.63) is 33.7 Å². The van der Waals surface area contributed by atoms with Crippen LogP contribution >= 0.6 is 23.1 Å². The number of fused-ring (bicyclic) bond motifs is 1. The van der Waals surface area contributed by atoms with E-state index < -0.39 is 35.0 Å². The van der Waals surface area contributed by atoms with Gasteiger partial charge < -0.3 is 26.0 Å². The van der Waals surface area contributed by atoms with Gasteiger partial charge in [-0.3, -0.25) is 14.5 Å². The summed E-state index contributed by atoms with van der Waals surface area (Å²) in [6, 6.07) is 3.52. The van der Waals surface area contributed by atoms with E-state index in [-0.39, 0.29) is 30.1 Å². The summed E-state index contributed by atoms with van der Waals surface area (Å²) in [7, 11) is 0. The van der Waals surface area contributed by atoms with Gasteiger partial charge in [0.05, 0.1) is 6.42 Å². The molecular weight excluding hydrogens is 398 g/mol. The molecule has 0 aromatic carbocycles. The van der Waals surface area contributed by atoms with E-state index in [9.17, 15) is 29.4 Å². The lowest BCUT2D eigenvalue weighted by atomic mass is 9.98. The molecule has 0 unspecified atom stereocenters. The number of β-lactam (4-membered cyclic amide) rings is 1. The highest BCUT2D eigenvalue weighted by molar-refractivity contribution is 8.00. The Bertz CT molecular complexity index is 838. The van der Waals surface area contributed by atoms with Gasteiger partial charge in [0.15, 0.2) is 0 Å². The first-order chi connectivity index (χ1) is 12.7. The molecule has 3 rings (SSSR count). The SMILES string of the molecule is NC(=O)OCC1=C(C(=O)O)N2C(=O)[C@@](O)(NC(=O)Cc3cccs3)[C@H]2SC1. The molecule has 1 fully saturated rings. The molecule has 10 nitrogen and oxygen atoms in total. The number of carbonyl (C=O) groups excluding carboxylic acids is 3. The van der Waals surface area contributed by atoms with Crippen LogP contribution in [0.25, 0.3) is 0 Å². The minimum absolute atomic E-state index is 0.00995. The standard InChI is InChI=1S/C15H15N3O7S2/c16-14(23)25-5-7-6-27-13-15(24,12(22)18(13)10(7)11(20)21)17-9(19)4-8-2-1-3-26-8/h1-3,13,24H,4-6H2,(H2,16,23)(H,17,19)(H,20,21)/t13-,15+/m1/s1. The molecule has 27 heavy (non-hydrogen) atoms. The van der Waals surface area contributed by atoms with Gasteiger partial charge in [0.1, 0.15) is 17.7 Å². The number of carboxylic acids is 1. The van der Waals surface area contributed by atoms with Gasteiger partial charge in [-0.1, -0.05) is 6.07 Å². The predicted octanol–water partition coefficient (Wildman–Crippen LogP) is -0.555. The smallest absolute Gasteiger partial charge is 0.404 e. The van der Waals surface area contributed by atoms with Crippen molar-refractivity contribution >= 4 is 47.0 Å². The Hall–Kier alpha value is -2.57. The molecule has 0 radical (unpaired) electrons. The second-order valence-corrected chi connectivity index (χ2v) is 7.88. The number of thiophene rings is 1. The van der Waals surface area contributed by atoms with Gasteiger partial charge in [0, 0.05) is 16.2 Å². The van der Waals surface area contributed by atoms with Crippen LogP contribution in [0.3, 0.4) is 0 Å². The molecule has 12 heteroatoms. The number of aliphatic hydroxyl groups is 1. The number of carboxylic acid groups (broad SMARTS) is 1. The van der Waals surface area contributed by atoms with E-state index in [1.54, 1.807) is 17.5 Å². The molecule has 2 aliphatic rings. The molecule has 0 aliphatic carbocycles. The normalized spacial score (nSPS) is 24.1. The Morgan fingerprint density at radius 1 is 1.44 bits per heavy atom. The largest absolute Gasteiger partial charge is 0.477 e. The van der Waals surface area contributed by atoms with Crippen molar-refractivity contribution in [3.63, 3.8) is 0 Å². The van der Waals surface area contributed by atoms with Crippen molar-refractivity contribution < 1.29 is 34.1 Å². The Kier molecular flexibility index (Phi) is 5.13. The predicted molar refractivity (Wildman–Crippen MR) is 94.4 cm³/mol. The average molecular weight is 413 g/mol. The summed E-state index contributed by atoms with van der Waals surface area (Å²) in [5.41, 5.74) is 2.47. The summed E-state index contributed by atoms with van der Waals surface area (Å²) in [4.78, 5) is 48.6. The summed E-state index contributed by atoms with van der Waals surface area (Å²) in [5, 5.41) is 23.1. The molecule has 0 saturated carbocycles. The highest BCUT2D eigenvalue weighted by Gasteiger charge is 2.65. The molecule has 144 valence electrons. The second-order valence-electron chi connectivity index (χ2n) is 5.77. The molecule has 5 N–H and O–H groups in total. The zero-order chi connectivity index (χ0) is 19.8. The van der Waals surface area contributed by atoms with Crippen LogP contribution in [0.5, 0.6) is 0 Å². The number of rotatable bonds is 6. The van der Waals surface area contributed by atoms with Crippen molar-refractivity contribution in [2.45, 2.75) is 17.5 Å². The minimum atomic E-state index is -2.20. The van der Waals surface area contributed by atoms with Crippen LogP contribution in [0, 0.1) is 0 Å². The molecule has 3 amide bonds. The van der Waals surface area contributed by atoms with E-state index in [0.29, 0.717) is 0 Å². The van der Waals surface area contributed by atoms with Crippen LogP contribution in [0.1, 0.15) is 4.88 Å². The van der Waals surface area contributed by atoms with Gasteiger partial charge in [0.25, 0.3) is 11.6 Å². The van der Waals surface area contributed by atoms with Gasteiger partial charge in [-0.2, -0.15) is 0 Å². The number of amides is 3. The zero-order valence-corrected chi connectivity index (χ0v) is 15.3. The third kappa shape index (κ3) is 3.50. The number of primary amides is 1. The summed E-state index contributed by atoms with van der Waals surface area (Å²) in [6.45, 7) is -0.385. The van der Waals surface area contributed by atoms with Crippen molar-refractivity contribution in [2.75, 3.05) is 12.4 Å². The molecule has 1 aromatic rings. The number of nitrogens with two attached hydrogens (primary N) is 1. The van der Waals surface area contributed by atoms with Crippen molar-refractivity contribution in [1.82, 2.24) is 10.2 Å². The Balaban J connectivity index is 1.76. The Labute approximate surface area is 161 Å². The maximum atomic E-state index is 12.5. The topological polar surface area (TPSA) is 159 Å². The van der Waals surface area contributed by atoms with Crippen molar-refractivity contribution in [1.29, 1.82) is 0 Å². The zero-order valence-electron chi connectivity index (χ0n) is 13.7. The summed E-state index contributed by atoms with van der Waals surface area (Å²) >= 11 is 2.40. The van der Waals surface area contributed by atoms with Crippen molar-refractivity contribution in [3.8, 4) is 0 Å². The Morgan fingerprint density at radius 3 is 2.78 bits per heavy atom. The van der Waals surface area contributed by atoms with E-state index >= 15 is 0 Å². The summed E-state index contributed by atoms with van der Waals surface area (Å²) in [6.07, 6.45) is -1.09. The number of nitrogens with one attached hydrogen (secondary N) is 1. The fourth-order valence-corrected chi connectivity index (χ4v) is 4.85. The third-order valence-electron chi connectivity index (χ3n) is 3.96. The van der Waals surface area contributed by atoms with Gasteiger partial charge in [-0.25, -0.2) is 9.59 Å². The maximum Gasteiger partial charge on any atom is 0.404 e. The maximum absolute atomic E-state index is 12.5. The van der Waals surface area contributed by atoms with E-state index in [1.165, 1.54) is 11.3 Å². The van der Waals surface area contributed by atoms with E-state index in [1.807, 2.05) is 0 Å². The first kappa shape index (κ1) is 19.2. The van der Waals surface area contributed by atoms with Crippen LogP contribution < -0.4 is 11.1 Å². The number of hydrogen-bond donors (Lipinski definition) is 4. The molecular formula is C15H15N3O7S2. The van der Waals surface area contributed by atoms with E-state index in [0.717, 1.165) is 21.5 Å². The van der Waals surface area contributed by atoms with Crippen molar-refractivity contribution in [2.24, 2.45) is 5.73 Å². The first-order valence-electron chi connectivity index (χ1n) is 7.62. The number of ether oxygens (including phenoxy) is 1. The third-order valence-corrected chi connectivity index (χ3v) is 6.22. The van der Waals surface area contributed by atoms with Gasteiger partial charge >= 0.3 is 12.1 Å². The monoisotopic (exact) mass is 413 g/mol. The Morgan fingerprint density at radius 2 is 2.19 bits per heavy atom. The summed E-state index contributed by atoms with van der Waals surface area (Å²) in [5.74, 6) is -2.86. The molecule has 2 atom stereocenters. The number of hydrogen-bond acceptors (Lipinski definition) is 8. The van der Waals surface area contributed by atoms with Crippen LogP contribution in [0.4, 0.5) is 4.79 Å². The van der Waals surface area contributed by atoms with Gasteiger partial charge in [-0.15, -0.1) is 23.1 Å². The number of aliphatic carboxylic acids is 1. The lowest BCUT2D eigenvalue weighted by molar-refractivity contribution is -0.186. The van der Waals surface area contributed by atoms with Gasteiger partial charge in [-0.05, 0) is 11.4 Å². The number of nitrogens with zero attached hydrogens (tertiary/aromatic N) is 1. The van der Waals surface area contributed by atoms with Crippen LogP contribution in [-0.4, -0.2) is 62.4 Å². The van der Waals surface area contributed by atoms with E-state index in [4.69, 9.17) is 5.73 Å². The lowest BCUT2D eigenvalue weighted by Gasteiger charge is -2.54. The first-order valence-corrected chi connectivity index (χ1v) is 9.55. The molecule has 1 saturated heterocycles. The second kappa shape index (κ2) is 7.21. The molecule has 1 aromatic heterocycles. The molecule has 0 spiro atoms. The number of carbonyl (C=O) groups is 4.